The topological polar surface area (TPSA) is 43.4 Å². The van der Waals surface area contributed by atoms with E-state index >= 15 is 0 Å². The number of benzene rings is 1. The average Bonchev–Trinajstić information content (AvgIpc) is 2.20. The third kappa shape index (κ3) is 2.55. The van der Waals surface area contributed by atoms with Gasteiger partial charge in [0.05, 0.1) is 5.56 Å². The Bertz CT molecular complexity index is 390. The molecule has 0 unspecified atom stereocenters. The van der Waals surface area contributed by atoms with Crippen molar-refractivity contribution in [3.05, 3.63) is 29.1 Å². The zero-order valence-corrected chi connectivity index (χ0v) is 7.25. The van der Waals surface area contributed by atoms with Crippen molar-refractivity contribution in [2.75, 3.05) is 0 Å². The molecule has 0 saturated heterocycles. The Kier molecular flexibility index (Phi) is 3.43. The lowest BCUT2D eigenvalue weighted by atomic mass is 10.1. The summed E-state index contributed by atoms with van der Waals surface area (Å²) < 4.78 is 40.6. The lowest BCUT2D eigenvalue weighted by molar-refractivity contribution is -0.0522. The summed E-state index contributed by atoms with van der Waals surface area (Å²) >= 11 is 0. The van der Waals surface area contributed by atoms with E-state index in [1.165, 1.54) is 0 Å². The number of carbonyl (C=O) groups is 2. The van der Waals surface area contributed by atoms with Gasteiger partial charge in [0.2, 0.25) is 0 Å². The fourth-order valence-corrected chi connectivity index (χ4v) is 0.977. The standard InChI is InChI=1S/C9H5F3O3/c10-8-6(4-14)1-5(3-13)2-7(8)15-9(11)12/h1-4,9H. The SMILES string of the molecule is O=Cc1cc(C=O)c(F)c(OC(F)F)c1. The number of rotatable bonds is 4. The van der Waals surface area contributed by atoms with E-state index in [2.05, 4.69) is 4.74 Å². The van der Waals surface area contributed by atoms with Crippen molar-refractivity contribution in [3.8, 4) is 5.75 Å². The fourth-order valence-electron chi connectivity index (χ4n) is 0.977. The Balaban J connectivity index is 3.23. The number of alkyl halides is 2. The molecule has 3 nitrogen and oxygen atoms in total. The van der Waals surface area contributed by atoms with Crippen LogP contribution in [0.15, 0.2) is 12.1 Å². The maximum absolute atomic E-state index is 13.1. The number of hydrogen-bond acceptors (Lipinski definition) is 3. The van der Waals surface area contributed by atoms with E-state index in [-0.39, 0.29) is 11.8 Å². The first-order chi connectivity index (χ1) is 7.08. The van der Waals surface area contributed by atoms with Gasteiger partial charge in [0.25, 0.3) is 0 Å². The Morgan fingerprint density at radius 2 is 1.87 bits per heavy atom. The Hall–Kier alpha value is -1.85. The summed E-state index contributed by atoms with van der Waals surface area (Å²) in [5.41, 5.74) is -0.621. The molecule has 6 heteroatoms. The van der Waals surface area contributed by atoms with Crippen molar-refractivity contribution in [1.29, 1.82) is 0 Å². The van der Waals surface area contributed by atoms with E-state index < -0.39 is 23.7 Å². The molecule has 1 rings (SSSR count). The molecule has 0 spiro atoms. The highest BCUT2D eigenvalue weighted by Gasteiger charge is 2.14. The van der Waals surface area contributed by atoms with Crippen LogP contribution < -0.4 is 4.74 Å². The summed E-state index contributed by atoms with van der Waals surface area (Å²) in [6.07, 6.45) is 0.408. The summed E-state index contributed by atoms with van der Waals surface area (Å²) in [6.45, 7) is -3.22. The first-order valence-corrected chi connectivity index (χ1v) is 3.77. The van der Waals surface area contributed by atoms with E-state index in [1.54, 1.807) is 0 Å². The van der Waals surface area contributed by atoms with Crippen molar-refractivity contribution < 1.29 is 27.5 Å². The molecule has 0 heterocycles. The second kappa shape index (κ2) is 4.59. The quantitative estimate of drug-likeness (QED) is 0.726. The molecule has 0 atom stereocenters. The van der Waals surface area contributed by atoms with Crippen molar-refractivity contribution in [2.45, 2.75) is 6.61 Å². The molecule has 0 radical (unpaired) electrons. The van der Waals surface area contributed by atoms with Crippen LogP contribution in [0.3, 0.4) is 0 Å². The number of ether oxygens (including phenoxy) is 1. The van der Waals surface area contributed by atoms with Gasteiger partial charge in [0.1, 0.15) is 6.29 Å². The molecule has 0 aliphatic heterocycles. The van der Waals surface area contributed by atoms with E-state index in [0.717, 1.165) is 12.1 Å². The highest BCUT2D eigenvalue weighted by Crippen LogP contribution is 2.23. The molecule has 0 N–H and O–H groups in total. The molecule has 0 aromatic heterocycles. The van der Waals surface area contributed by atoms with Gasteiger partial charge < -0.3 is 4.74 Å². The van der Waals surface area contributed by atoms with Crippen LogP contribution in [-0.2, 0) is 0 Å². The maximum atomic E-state index is 13.1. The monoisotopic (exact) mass is 218 g/mol. The summed E-state index contributed by atoms with van der Waals surface area (Å²) in [5.74, 6) is -2.03. The molecule has 80 valence electrons. The van der Waals surface area contributed by atoms with Gasteiger partial charge in [-0.1, -0.05) is 0 Å². The predicted molar refractivity (Wildman–Crippen MR) is 43.8 cm³/mol. The van der Waals surface area contributed by atoms with Gasteiger partial charge in [-0.3, -0.25) is 9.59 Å². The average molecular weight is 218 g/mol. The molecule has 0 amide bonds. The lowest BCUT2D eigenvalue weighted by Crippen LogP contribution is -2.06. The van der Waals surface area contributed by atoms with Crippen LogP contribution in [0.2, 0.25) is 0 Å². The van der Waals surface area contributed by atoms with Crippen LogP contribution >= 0.6 is 0 Å². The second-order valence-electron chi connectivity index (χ2n) is 2.54. The van der Waals surface area contributed by atoms with Crippen LogP contribution in [0.4, 0.5) is 13.2 Å². The molecule has 15 heavy (non-hydrogen) atoms. The third-order valence-electron chi connectivity index (χ3n) is 1.57. The minimum absolute atomic E-state index is 0.112. The van der Waals surface area contributed by atoms with Gasteiger partial charge >= 0.3 is 6.61 Å². The fraction of sp³-hybridized carbons (Fsp3) is 0.111. The Morgan fingerprint density at radius 3 is 2.33 bits per heavy atom. The van der Waals surface area contributed by atoms with Crippen molar-refractivity contribution in [3.63, 3.8) is 0 Å². The van der Waals surface area contributed by atoms with Crippen LogP contribution in [0.25, 0.3) is 0 Å². The van der Waals surface area contributed by atoms with E-state index in [9.17, 15) is 22.8 Å². The van der Waals surface area contributed by atoms with Crippen LogP contribution in [-0.4, -0.2) is 19.2 Å². The van der Waals surface area contributed by atoms with Gasteiger partial charge in [0.15, 0.2) is 17.9 Å². The molecule has 1 aromatic carbocycles. The highest BCUT2D eigenvalue weighted by molar-refractivity contribution is 5.83. The van der Waals surface area contributed by atoms with E-state index in [1.807, 2.05) is 0 Å². The normalized spacial score (nSPS) is 10.1. The number of aldehydes is 2. The lowest BCUT2D eigenvalue weighted by Gasteiger charge is -2.07. The number of carbonyl (C=O) groups excluding carboxylic acids is 2. The summed E-state index contributed by atoms with van der Waals surface area (Å²) in [4.78, 5) is 20.7. The van der Waals surface area contributed by atoms with E-state index in [0.29, 0.717) is 6.29 Å². The second-order valence-corrected chi connectivity index (χ2v) is 2.54. The molecule has 1 aromatic rings. The molecule has 0 fully saturated rings. The van der Waals surface area contributed by atoms with Crippen LogP contribution in [0.5, 0.6) is 5.75 Å². The first-order valence-electron chi connectivity index (χ1n) is 3.77. The molecular formula is C9H5F3O3. The van der Waals surface area contributed by atoms with Gasteiger partial charge in [-0.05, 0) is 12.1 Å². The number of hydrogen-bond donors (Lipinski definition) is 0. The zero-order valence-electron chi connectivity index (χ0n) is 7.25. The van der Waals surface area contributed by atoms with Crippen LogP contribution in [0.1, 0.15) is 20.7 Å². The highest BCUT2D eigenvalue weighted by atomic mass is 19.3. The Labute approximate surface area is 82.5 Å². The van der Waals surface area contributed by atoms with Gasteiger partial charge in [-0.2, -0.15) is 8.78 Å². The summed E-state index contributed by atoms with van der Waals surface area (Å²) in [5, 5.41) is 0. The summed E-state index contributed by atoms with van der Waals surface area (Å²) in [6, 6.07) is 1.73. The molecule has 0 aliphatic carbocycles. The van der Waals surface area contributed by atoms with Crippen molar-refractivity contribution >= 4 is 12.6 Å². The predicted octanol–water partition coefficient (Wildman–Crippen LogP) is 2.05. The zero-order chi connectivity index (χ0) is 11.4. The van der Waals surface area contributed by atoms with Crippen molar-refractivity contribution in [1.82, 2.24) is 0 Å². The molecule has 0 aliphatic rings. The van der Waals surface area contributed by atoms with Crippen molar-refractivity contribution in [2.24, 2.45) is 0 Å². The minimum atomic E-state index is -3.22. The van der Waals surface area contributed by atoms with Gasteiger partial charge in [-0.15, -0.1) is 0 Å². The van der Waals surface area contributed by atoms with Gasteiger partial charge in [0, 0.05) is 5.56 Å². The molecule has 0 saturated carbocycles. The molecule has 0 bridgehead atoms. The van der Waals surface area contributed by atoms with Gasteiger partial charge in [-0.25, -0.2) is 4.39 Å². The summed E-state index contributed by atoms with van der Waals surface area (Å²) in [7, 11) is 0. The third-order valence-corrected chi connectivity index (χ3v) is 1.57. The maximum Gasteiger partial charge on any atom is 0.387 e. The van der Waals surface area contributed by atoms with E-state index in [4.69, 9.17) is 0 Å². The van der Waals surface area contributed by atoms with Crippen LogP contribution in [0, 0.1) is 5.82 Å². The molecular weight excluding hydrogens is 213 g/mol. The first kappa shape index (κ1) is 11.2. The number of halogens is 3. The minimum Gasteiger partial charge on any atom is -0.432 e. The Morgan fingerprint density at radius 1 is 1.20 bits per heavy atom. The largest absolute Gasteiger partial charge is 0.432 e. The smallest absolute Gasteiger partial charge is 0.387 e.